The normalized spacial score (nSPS) is 24.7. The minimum atomic E-state index is 0.735. The topological polar surface area (TPSA) is 15.3 Å². The van der Waals surface area contributed by atoms with E-state index in [-0.39, 0.29) is 0 Å². The number of rotatable bonds is 8. The van der Waals surface area contributed by atoms with Gasteiger partial charge < -0.3 is 10.2 Å². The maximum Gasteiger partial charge on any atom is 0.0223 e. The van der Waals surface area contributed by atoms with Gasteiger partial charge in [0.1, 0.15) is 0 Å². The van der Waals surface area contributed by atoms with Crippen LogP contribution in [0.15, 0.2) is 0 Å². The average Bonchev–Trinajstić information content (AvgIpc) is 3.08. The fourth-order valence-electron chi connectivity index (χ4n) is 3.48. The van der Waals surface area contributed by atoms with Crippen LogP contribution in [-0.2, 0) is 0 Å². The summed E-state index contributed by atoms with van der Waals surface area (Å²) in [5, 5.41) is 3.81. The molecule has 2 saturated carbocycles. The van der Waals surface area contributed by atoms with Gasteiger partial charge in [-0.15, -0.1) is 0 Å². The van der Waals surface area contributed by atoms with Crippen molar-refractivity contribution in [3.8, 4) is 0 Å². The van der Waals surface area contributed by atoms with E-state index in [9.17, 15) is 0 Å². The summed E-state index contributed by atoms with van der Waals surface area (Å²) < 4.78 is 0. The van der Waals surface area contributed by atoms with Crippen molar-refractivity contribution in [3.63, 3.8) is 0 Å². The lowest BCUT2D eigenvalue weighted by molar-refractivity contribution is 0.184. The largest absolute Gasteiger partial charge is 0.312 e. The molecule has 2 aliphatic carbocycles. The summed E-state index contributed by atoms with van der Waals surface area (Å²) in [5.41, 5.74) is 0. The fourth-order valence-corrected chi connectivity index (χ4v) is 3.48. The minimum absolute atomic E-state index is 0.735. The van der Waals surface area contributed by atoms with E-state index < -0.39 is 0 Å². The van der Waals surface area contributed by atoms with E-state index >= 15 is 0 Å². The molecule has 0 aromatic heterocycles. The second-order valence-corrected chi connectivity index (χ2v) is 6.62. The molecule has 0 aromatic carbocycles. The summed E-state index contributed by atoms with van der Waals surface area (Å²) in [6.45, 7) is 7.13. The molecule has 0 radical (unpaired) electrons. The Morgan fingerprint density at radius 1 is 1.11 bits per heavy atom. The molecule has 2 aliphatic rings. The molecule has 2 fully saturated rings. The van der Waals surface area contributed by atoms with Crippen molar-refractivity contribution in [2.75, 3.05) is 20.1 Å². The second-order valence-electron chi connectivity index (χ2n) is 6.62. The van der Waals surface area contributed by atoms with Gasteiger partial charge in [0, 0.05) is 18.6 Å². The molecule has 0 amide bonds. The average molecular weight is 252 g/mol. The molecule has 106 valence electrons. The van der Waals surface area contributed by atoms with Crippen LogP contribution >= 0.6 is 0 Å². The van der Waals surface area contributed by atoms with Crippen molar-refractivity contribution in [2.45, 2.75) is 70.9 Å². The quantitative estimate of drug-likeness (QED) is 0.713. The standard InChI is InChI=1S/C16H32N2/c1-4-11-17-16(15-7-5-6-8-15)12-18(3)13(2)14-9-10-14/h13-17H,4-12H2,1-3H3. The van der Waals surface area contributed by atoms with Crippen molar-refractivity contribution in [3.05, 3.63) is 0 Å². The molecular formula is C16H32N2. The zero-order chi connectivity index (χ0) is 13.0. The number of likely N-dealkylation sites (N-methyl/N-ethyl adjacent to an activating group) is 1. The van der Waals surface area contributed by atoms with E-state index in [2.05, 4.69) is 31.1 Å². The Morgan fingerprint density at radius 2 is 1.78 bits per heavy atom. The summed E-state index contributed by atoms with van der Waals surface area (Å²) >= 11 is 0. The fraction of sp³-hybridized carbons (Fsp3) is 1.00. The highest BCUT2D eigenvalue weighted by molar-refractivity contribution is 4.88. The van der Waals surface area contributed by atoms with Gasteiger partial charge in [-0.2, -0.15) is 0 Å². The van der Waals surface area contributed by atoms with Gasteiger partial charge in [0.05, 0.1) is 0 Å². The van der Waals surface area contributed by atoms with Gasteiger partial charge in [-0.05, 0) is 64.5 Å². The van der Waals surface area contributed by atoms with Crippen LogP contribution < -0.4 is 5.32 Å². The third kappa shape index (κ3) is 3.96. The summed E-state index contributed by atoms with van der Waals surface area (Å²) in [5.74, 6) is 1.93. The van der Waals surface area contributed by atoms with Crippen molar-refractivity contribution in [2.24, 2.45) is 11.8 Å². The van der Waals surface area contributed by atoms with E-state index in [0.29, 0.717) is 0 Å². The van der Waals surface area contributed by atoms with Crippen molar-refractivity contribution in [1.29, 1.82) is 0 Å². The molecule has 2 rings (SSSR count). The first kappa shape index (κ1) is 14.3. The van der Waals surface area contributed by atoms with Gasteiger partial charge in [0.25, 0.3) is 0 Å². The Labute approximate surface area is 114 Å². The molecule has 18 heavy (non-hydrogen) atoms. The maximum atomic E-state index is 3.81. The van der Waals surface area contributed by atoms with E-state index in [4.69, 9.17) is 0 Å². The molecule has 0 aromatic rings. The summed E-state index contributed by atoms with van der Waals surface area (Å²) in [6, 6.07) is 1.52. The van der Waals surface area contributed by atoms with Gasteiger partial charge in [-0.3, -0.25) is 0 Å². The number of hydrogen-bond acceptors (Lipinski definition) is 2. The molecule has 2 nitrogen and oxygen atoms in total. The molecule has 1 N–H and O–H groups in total. The molecular weight excluding hydrogens is 220 g/mol. The van der Waals surface area contributed by atoms with Gasteiger partial charge >= 0.3 is 0 Å². The predicted molar refractivity (Wildman–Crippen MR) is 78.9 cm³/mol. The van der Waals surface area contributed by atoms with Crippen LogP contribution in [0.4, 0.5) is 0 Å². The molecule has 0 saturated heterocycles. The second kappa shape index (κ2) is 6.91. The summed E-state index contributed by atoms with van der Waals surface area (Å²) in [7, 11) is 2.33. The minimum Gasteiger partial charge on any atom is -0.312 e. The lowest BCUT2D eigenvalue weighted by atomic mass is 9.96. The van der Waals surface area contributed by atoms with Crippen LogP contribution in [0.25, 0.3) is 0 Å². The van der Waals surface area contributed by atoms with Crippen LogP contribution in [0.1, 0.15) is 58.8 Å². The molecule has 0 spiro atoms. The first-order chi connectivity index (χ1) is 8.72. The van der Waals surface area contributed by atoms with Crippen molar-refractivity contribution >= 4 is 0 Å². The Balaban J connectivity index is 1.82. The van der Waals surface area contributed by atoms with Crippen LogP contribution in [-0.4, -0.2) is 37.1 Å². The smallest absolute Gasteiger partial charge is 0.0223 e. The summed E-state index contributed by atoms with van der Waals surface area (Å²) in [4.78, 5) is 2.61. The monoisotopic (exact) mass is 252 g/mol. The van der Waals surface area contributed by atoms with Gasteiger partial charge in [-0.1, -0.05) is 19.8 Å². The Hall–Kier alpha value is -0.0800. The Morgan fingerprint density at radius 3 is 2.33 bits per heavy atom. The van der Waals surface area contributed by atoms with Gasteiger partial charge in [0.2, 0.25) is 0 Å². The van der Waals surface area contributed by atoms with Crippen LogP contribution in [0.5, 0.6) is 0 Å². The first-order valence-electron chi connectivity index (χ1n) is 8.16. The highest BCUT2D eigenvalue weighted by Gasteiger charge is 2.32. The third-order valence-electron chi connectivity index (χ3n) is 5.11. The lowest BCUT2D eigenvalue weighted by Gasteiger charge is -2.33. The van der Waals surface area contributed by atoms with Gasteiger partial charge in [0.15, 0.2) is 0 Å². The lowest BCUT2D eigenvalue weighted by Crippen LogP contribution is -2.47. The highest BCUT2D eigenvalue weighted by Crippen LogP contribution is 2.35. The van der Waals surface area contributed by atoms with E-state index in [1.807, 2.05) is 0 Å². The van der Waals surface area contributed by atoms with Crippen molar-refractivity contribution in [1.82, 2.24) is 10.2 Å². The number of nitrogens with zero attached hydrogens (tertiary/aromatic N) is 1. The zero-order valence-electron chi connectivity index (χ0n) is 12.6. The van der Waals surface area contributed by atoms with Crippen LogP contribution in [0.2, 0.25) is 0 Å². The Kier molecular flexibility index (Phi) is 5.50. The highest BCUT2D eigenvalue weighted by atomic mass is 15.2. The molecule has 0 aliphatic heterocycles. The molecule has 2 atom stereocenters. The summed E-state index contributed by atoms with van der Waals surface area (Å²) in [6.07, 6.45) is 9.99. The van der Waals surface area contributed by atoms with Crippen molar-refractivity contribution < 1.29 is 0 Å². The van der Waals surface area contributed by atoms with Crippen LogP contribution in [0.3, 0.4) is 0 Å². The van der Waals surface area contributed by atoms with E-state index in [0.717, 1.165) is 23.9 Å². The van der Waals surface area contributed by atoms with Gasteiger partial charge in [-0.25, -0.2) is 0 Å². The van der Waals surface area contributed by atoms with E-state index in [1.165, 1.54) is 58.0 Å². The van der Waals surface area contributed by atoms with E-state index in [1.54, 1.807) is 0 Å². The number of hydrogen-bond donors (Lipinski definition) is 1. The molecule has 0 heterocycles. The maximum absolute atomic E-state index is 3.81. The predicted octanol–water partition coefficient (Wildman–Crippen LogP) is 3.28. The first-order valence-corrected chi connectivity index (χ1v) is 8.16. The van der Waals surface area contributed by atoms with Crippen LogP contribution in [0, 0.1) is 11.8 Å². The molecule has 0 bridgehead atoms. The SMILES string of the molecule is CCCNC(CN(C)C(C)C1CC1)C1CCCC1. The third-order valence-corrected chi connectivity index (χ3v) is 5.11. The zero-order valence-corrected chi connectivity index (χ0v) is 12.6. The molecule has 2 heteroatoms. The Bertz CT molecular complexity index is 231. The number of nitrogens with one attached hydrogen (secondary N) is 1. The molecule has 2 unspecified atom stereocenters.